The van der Waals surface area contributed by atoms with Crippen molar-refractivity contribution >= 4 is 38.4 Å². The topological polar surface area (TPSA) is 76.0 Å². The van der Waals surface area contributed by atoms with E-state index in [4.69, 9.17) is 4.74 Å². The Morgan fingerprint density at radius 3 is 2.44 bits per heavy atom. The predicted octanol–water partition coefficient (Wildman–Crippen LogP) is 4.30. The van der Waals surface area contributed by atoms with Crippen molar-refractivity contribution in [3.8, 4) is 5.75 Å². The molecule has 0 bridgehead atoms. The number of ether oxygens (including phenoxy) is 1. The summed E-state index contributed by atoms with van der Waals surface area (Å²) < 4.78 is 30.4. The molecule has 170 valence electrons. The van der Waals surface area contributed by atoms with Gasteiger partial charge in [0.15, 0.2) is 15.0 Å². The fraction of sp³-hybridized carbons (Fsp3) is 0.417. The molecule has 0 N–H and O–H groups in total. The Hall–Kier alpha value is -2.32. The minimum absolute atomic E-state index is 0.0785. The van der Waals surface area contributed by atoms with Gasteiger partial charge in [0, 0.05) is 16.9 Å². The van der Waals surface area contributed by atoms with Gasteiger partial charge in [0.25, 0.3) is 5.91 Å². The first-order chi connectivity index (χ1) is 15.4. The lowest BCUT2D eigenvalue weighted by molar-refractivity contribution is -0.121. The number of fused-ring (bicyclic) bond motifs is 1. The van der Waals surface area contributed by atoms with Crippen LogP contribution in [-0.2, 0) is 21.2 Å². The lowest BCUT2D eigenvalue weighted by Gasteiger charge is -2.25. The highest BCUT2D eigenvalue weighted by molar-refractivity contribution is 8.16. The van der Waals surface area contributed by atoms with Crippen molar-refractivity contribution < 1.29 is 17.9 Å². The van der Waals surface area contributed by atoms with Gasteiger partial charge in [-0.3, -0.25) is 4.79 Å². The van der Waals surface area contributed by atoms with Gasteiger partial charge in [0.2, 0.25) is 0 Å². The van der Waals surface area contributed by atoms with Crippen LogP contribution >= 0.6 is 11.8 Å². The first kappa shape index (κ1) is 22.9. The molecule has 2 saturated heterocycles. The number of anilines is 1. The molecule has 2 aromatic rings. The molecule has 2 unspecified atom stereocenters. The quantitative estimate of drug-likeness (QED) is 0.598. The molecular formula is C24H28N2O4S2. The van der Waals surface area contributed by atoms with Gasteiger partial charge in [-0.25, -0.2) is 8.42 Å². The Morgan fingerprint density at radius 2 is 1.78 bits per heavy atom. The Morgan fingerprint density at radius 1 is 1.09 bits per heavy atom. The first-order valence-corrected chi connectivity index (χ1v) is 13.7. The highest BCUT2D eigenvalue weighted by Crippen LogP contribution is 2.41. The maximum absolute atomic E-state index is 12.7. The van der Waals surface area contributed by atoms with Crippen LogP contribution in [0.3, 0.4) is 0 Å². The minimum Gasteiger partial charge on any atom is -0.489 e. The monoisotopic (exact) mass is 472 g/mol. The van der Waals surface area contributed by atoms with E-state index in [0.717, 1.165) is 29.8 Å². The number of carbonyl (C=O) groups excluding carboxylic acids is 1. The Balaban J connectivity index is 1.56. The second-order valence-corrected chi connectivity index (χ2v) is 11.5. The van der Waals surface area contributed by atoms with Gasteiger partial charge in [0.05, 0.1) is 17.5 Å². The lowest BCUT2D eigenvalue weighted by Crippen LogP contribution is -2.37. The normalized spacial score (nSPS) is 23.0. The summed E-state index contributed by atoms with van der Waals surface area (Å²) in [6.07, 6.45) is 1.48. The van der Waals surface area contributed by atoms with Crippen LogP contribution in [0.15, 0.2) is 59.6 Å². The summed E-state index contributed by atoms with van der Waals surface area (Å²) in [6, 6.07) is 17.3. The number of rotatable bonds is 7. The summed E-state index contributed by atoms with van der Waals surface area (Å²) in [5.41, 5.74) is 1.91. The summed E-state index contributed by atoms with van der Waals surface area (Å²) in [4.78, 5) is 19.1. The van der Waals surface area contributed by atoms with Crippen molar-refractivity contribution in [2.75, 3.05) is 16.4 Å². The highest BCUT2D eigenvalue weighted by Gasteiger charge is 2.49. The van der Waals surface area contributed by atoms with E-state index in [-0.39, 0.29) is 34.6 Å². The molecule has 4 rings (SSSR count). The molecule has 0 aromatic heterocycles. The van der Waals surface area contributed by atoms with Crippen LogP contribution < -0.4 is 9.64 Å². The van der Waals surface area contributed by atoms with Crippen LogP contribution in [-0.4, -0.2) is 42.3 Å². The maximum atomic E-state index is 12.7. The number of aliphatic imine (C=N–C) groups is 1. The number of hydrogen-bond acceptors (Lipinski definition) is 5. The fourth-order valence-corrected chi connectivity index (χ4v) is 8.05. The molecular weight excluding hydrogens is 444 g/mol. The molecule has 0 aliphatic carbocycles. The van der Waals surface area contributed by atoms with Crippen LogP contribution in [0.1, 0.15) is 32.3 Å². The van der Waals surface area contributed by atoms with Crippen LogP contribution in [0.25, 0.3) is 0 Å². The molecule has 2 heterocycles. The third-order valence-corrected chi connectivity index (χ3v) is 9.18. The molecule has 1 amide bonds. The minimum atomic E-state index is -3.10. The predicted molar refractivity (Wildman–Crippen MR) is 130 cm³/mol. The smallest absolute Gasteiger partial charge is 0.251 e. The largest absolute Gasteiger partial charge is 0.489 e. The van der Waals surface area contributed by atoms with E-state index in [9.17, 15) is 13.2 Å². The third kappa shape index (κ3) is 5.02. The number of benzene rings is 2. The second kappa shape index (κ2) is 9.67. The van der Waals surface area contributed by atoms with E-state index >= 15 is 0 Å². The Bertz CT molecular complexity index is 1080. The number of hydrogen-bond donors (Lipinski definition) is 0. The van der Waals surface area contributed by atoms with E-state index in [1.165, 1.54) is 11.8 Å². The molecule has 2 aliphatic heterocycles. The van der Waals surface area contributed by atoms with Crippen molar-refractivity contribution in [1.82, 2.24) is 0 Å². The van der Waals surface area contributed by atoms with Gasteiger partial charge < -0.3 is 9.64 Å². The van der Waals surface area contributed by atoms with Gasteiger partial charge in [-0.05, 0) is 42.7 Å². The molecule has 0 saturated carbocycles. The van der Waals surface area contributed by atoms with Crippen molar-refractivity contribution in [2.24, 2.45) is 10.9 Å². The maximum Gasteiger partial charge on any atom is 0.251 e. The highest BCUT2D eigenvalue weighted by atomic mass is 32.2. The zero-order chi connectivity index (χ0) is 22.7. The molecule has 2 aliphatic rings. The summed E-state index contributed by atoms with van der Waals surface area (Å²) in [6.45, 7) is 4.45. The number of nitrogens with zero attached hydrogens (tertiary/aromatic N) is 2. The molecule has 2 atom stereocenters. The standard InChI is InChI=1S/C24H28N2O4S2/c1-3-18(4-2)23(27)25-24-26(21-15-32(28,29)16-22(21)31-24)19-10-12-20(13-11-19)30-14-17-8-6-5-7-9-17/h5-13,18,21-22H,3-4,14-16H2,1-2H3. The molecule has 2 fully saturated rings. The zero-order valence-electron chi connectivity index (χ0n) is 18.3. The van der Waals surface area contributed by atoms with E-state index in [1.807, 2.05) is 73.3 Å². The zero-order valence-corrected chi connectivity index (χ0v) is 19.9. The summed E-state index contributed by atoms with van der Waals surface area (Å²) in [5.74, 6) is 0.687. The summed E-state index contributed by atoms with van der Waals surface area (Å²) >= 11 is 1.41. The van der Waals surface area contributed by atoms with E-state index in [2.05, 4.69) is 4.99 Å². The first-order valence-electron chi connectivity index (χ1n) is 11.0. The molecule has 0 radical (unpaired) electrons. The Labute approximate surface area is 194 Å². The van der Waals surface area contributed by atoms with E-state index in [0.29, 0.717) is 11.8 Å². The summed E-state index contributed by atoms with van der Waals surface area (Å²) in [5, 5.41) is 0.493. The van der Waals surface area contributed by atoms with Crippen LogP contribution in [0.2, 0.25) is 0 Å². The van der Waals surface area contributed by atoms with E-state index < -0.39 is 9.84 Å². The van der Waals surface area contributed by atoms with E-state index in [1.54, 1.807) is 0 Å². The molecule has 32 heavy (non-hydrogen) atoms. The fourth-order valence-electron chi connectivity index (χ4n) is 4.13. The van der Waals surface area contributed by atoms with Gasteiger partial charge in [-0.15, -0.1) is 0 Å². The van der Waals surface area contributed by atoms with Gasteiger partial charge >= 0.3 is 0 Å². The SMILES string of the molecule is CCC(CC)C(=O)N=C1SC2CS(=O)(=O)CC2N1c1ccc(OCc2ccccc2)cc1. The molecule has 6 nitrogen and oxygen atoms in total. The van der Waals surface area contributed by atoms with Crippen LogP contribution in [0.5, 0.6) is 5.75 Å². The average molecular weight is 473 g/mol. The lowest BCUT2D eigenvalue weighted by atomic mass is 10.0. The molecule has 0 spiro atoms. The number of thioether (sulfide) groups is 1. The molecule has 8 heteroatoms. The Kier molecular flexibility index (Phi) is 6.90. The second-order valence-electron chi connectivity index (χ2n) is 8.18. The van der Waals surface area contributed by atoms with Crippen molar-refractivity contribution in [1.29, 1.82) is 0 Å². The number of carbonyl (C=O) groups is 1. The van der Waals surface area contributed by atoms with Crippen LogP contribution in [0.4, 0.5) is 5.69 Å². The van der Waals surface area contributed by atoms with Crippen molar-refractivity contribution in [3.63, 3.8) is 0 Å². The van der Waals surface area contributed by atoms with Crippen molar-refractivity contribution in [3.05, 3.63) is 60.2 Å². The molecule has 2 aromatic carbocycles. The average Bonchev–Trinajstić information content (AvgIpc) is 3.25. The number of sulfone groups is 1. The van der Waals surface area contributed by atoms with Gasteiger partial charge in [0.1, 0.15) is 12.4 Å². The van der Waals surface area contributed by atoms with Crippen LogP contribution in [0, 0.1) is 5.92 Å². The van der Waals surface area contributed by atoms with Gasteiger partial charge in [-0.1, -0.05) is 55.9 Å². The number of amides is 1. The third-order valence-electron chi connectivity index (χ3n) is 5.97. The van der Waals surface area contributed by atoms with Gasteiger partial charge in [-0.2, -0.15) is 4.99 Å². The summed E-state index contributed by atoms with van der Waals surface area (Å²) in [7, 11) is -3.10. The number of amidine groups is 1. The van der Waals surface area contributed by atoms with Crippen molar-refractivity contribution in [2.45, 2.75) is 44.6 Å².